The number of pyridine rings is 1. The molecular formula is C16H11N3OS. The molecular weight excluding hydrogens is 282 g/mol. The Hall–Kier alpha value is -2.66. The number of aromatic nitrogens is 2. The minimum Gasteiger partial charge on any atom is -0.453 e. The van der Waals surface area contributed by atoms with Crippen molar-refractivity contribution >= 4 is 38.1 Å². The third-order valence-corrected chi connectivity index (χ3v) is 4.09. The highest BCUT2D eigenvalue weighted by molar-refractivity contribution is 7.16. The van der Waals surface area contributed by atoms with Crippen molar-refractivity contribution in [2.45, 2.75) is 0 Å². The summed E-state index contributed by atoms with van der Waals surface area (Å²) in [5, 5.41) is 1.03. The molecule has 5 heteroatoms. The average molecular weight is 293 g/mol. The first-order valence-corrected chi connectivity index (χ1v) is 7.33. The Bertz CT molecular complexity index is 948. The monoisotopic (exact) mass is 293 g/mol. The van der Waals surface area contributed by atoms with Gasteiger partial charge in [-0.25, -0.2) is 4.98 Å². The smallest absolute Gasteiger partial charge is 0.152 e. The lowest BCUT2D eigenvalue weighted by atomic mass is 10.2. The van der Waals surface area contributed by atoms with Gasteiger partial charge in [-0.05, 0) is 24.3 Å². The first-order chi connectivity index (χ1) is 10.3. The molecule has 2 aromatic carbocycles. The predicted octanol–water partition coefficient (Wildman–Crippen LogP) is 4.22. The summed E-state index contributed by atoms with van der Waals surface area (Å²) in [4.78, 5) is 8.65. The van der Waals surface area contributed by atoms with Crippen molar-refractivity contribution in [3.05, 3.63) is 54.2 Å². The highest BCUT2D eigenvalue weighted by Crippen LogP contribution is 2.34. The molecule has 102 valence electrons. The van der Waals surface area contributed by atoms with Gasteiger partial charge in [0, 0.05) is 5.39 Å². The van der Waals surface area contributed by atoms with Crippen molar-refractivity contribution in [1.82, 2.24) is 9.97 Å². The summed E-state index contributed by atoms with van der Waals surface area (Å²) >= 11 is 1.56. The van der Waals surface area contributed by atoms with Crippen LogP contribution in [-0.2, 0) is 0 Å². The second-order valence-electron chi connectivity index (χ2n) is 4.64. The highest BCUT2D eigenvalue weighted by Gasteiger charge is 2.09. The molecule has 0 spiro atoms. The van der Waals surface area contributed by atoms with Gasteiger partial charge in [-0.15, -0.1) is 11.3 Å². The van der Waals surface area contributed by atoms with E-state index in [0.29, 0.717) is 17.2 Å². The molecule has 4 nitrogen and oxygen atoms in total. The predicted molar refractivity (Wildman–Crippen MR) is 85.8 cm³/mol. The molecule has 0 fully saturated rings. The van der Waals surface area contributed by atoms with E-state index in [0.717, 1.165) is 21.1 Å². The van der Waals surface area contributed by atoms with E-state index in [1.165, 1.54) is 0 Å². The van der Waals surface area contributed by atoms with Crippen LogP contribution in [0.5, 0.6) is 11.5 Å². The Morgan fingerprint density at radius 2 is 1.95 bits per heavy atom. The van der Waals surface area contributed by atoms with Crippen LogP contribution in [0.4, 0.5) is 5.69 Å². The van der Waals surface area contributed by atoms with Gasteiger partial charge in [-0.2, -0.15) is 0 Å². The van der Waals surface area contributed by atoms with Crippen LogP contribution in [0.1, 0.15) is 0 Å². The Morgan fingerprint density at radius 3 is 2.90 bits per heavy atom. The minimum absolute atomic E-state index is 0.557. The number of nitrogen functional groups attached to an aromatic ring is 1. The molecule has 21 heavy (non-hydrogen) atoms. The van der Waals surface area contributed by atoms with Crippen LogP contribution in [0, 0.1) is 0 Å². The largest absolute Gasteiger partial charge is 0.453 e. The summed E-state index contributed by atoms with van der Waals surface area (Å²) in [5.41, 5.74) is 10.2. The molecule has 0 unspecified atom stereocenters. The first-order valence-electron chi connectivity index (χ1n) is 6.45. The summed E-state index contributed by atoms with van der Waals surface area (Å²) in [6, 6.07) is 13.7. The quantitative estimate of drug-likeness (QED) is 0.562. The Morgan fingerprint density at radius 1 is 1.05 bits per heavy atom. The number of rotatable bonds is 2. The van der Waals surface area contributed by atoms with Crippen molar-refractivity contribution in [3.8, 4) is 11.5 Å². The van der Waals surface area contributed by atoms with Crippen LogP contribution in [0.3, 0.4) is 0 Å². The number of fused-ring (bicyclic) bond motifs is 2. The van der Waals surface area contributed by atoms with Crippen molar-refractivity contribution < 1.29 is 4.74 Å². The molecule has 2 heterocycles. The Kier molecular flexibility index (Phi) is 2.72. The van der Waals surface area contributed by atoms with Crippen molar-refractivity contribution in [3.63, 3.8) is 0 Å². The van der Waals surface area contributed by atoms with Crippen LogP contribution >= 0.6 is 11.3 Å². The Balaban J connectivity index is 1.76. The molecule has 0 saturated carbocycles. The molecule has 0 aliphatic heterocycles. The fourth-order valence-electron chi connectivity index (χ4n) is 2.26. The van der Waals surface area contributed by atoms with E-state index in [-0.39, 0.29) is 0 Å². The zero-order valence-electron chi connectivity index (χ0n) is 11.0. The summed E-state index contributed by atoms with van der Waals surface area (Å²) in [6.07, 6.45) is 1.70. The average Bonchev–Trinajstić information content (AvgIpc) is 2.99. The molecule has 0 aliphatic carbocycles. The minimum atomic E-state index is 0.557. The van der Waals surface area contributed by atoms with Gasteiger partial charge in [0.2, 0.25) is 0 Å². The van der Waals surface area contributed by atoms with E-state index >= 15 is 0 Å². The number of anilines is 1. The van der Waals surface area contributed by atoms with Crippen LogP contribution in [0.25, 0.3) is 21.1 Å². The molecule has 0 bridgehead atoms. The van der Waals surface area contributed by atoms with Crippen molar-refractivity contribution in [1.29, 1.82) is 0 Å². The summed E-state index contributed by atoms with van der Waals surface area (Å²) in [7, 11) is 0. The van der Waals surface area contributed by atoms with Crippen LogP contribution < -0.4 is 10.5 Å². The summed E-state index contributed by atoms with van der Waals surface area (Å²) < 4.78 is 6.92. The molecule has 2 N–H and O–H groups in total. The zero-order valence-corrected chi connectivity index (χ0v) is 11.8. The second kappa shape index (κ2) is 4.71. The van der Waals surface area contributed by atoms with Gasteiger partial charge in [-0.3, -0.25) is 4.98 Å². The third kappa shape index (κ3) is 2.08. The maximum Gasteiger partial charge on any atom is 0.152 e. The number of hydrogen-bond acceptors (Lipinski definition) is 5. The first kappa shape index (κ1) is 12.1. The number of para-hydroxylation sites is 1. The van der Waals surface area contributed by atoms with E-state index in [1.807, 2.05) is 42.5 Å². The normalized spacial score (nSPS) is 11.0. The van der Waals surface area contributed by atoms with E-state index < -0.39 is 0 Å². The number of hydrogen-bond donors (Lipinski definition) is 1. The van der Waals surface area contributed by atoms with Crippen LogP contribution in [0.15, 0.2) is 54.2 Å². The number of benzene rings is 2. The van der Waals surface area contributed by atoms with Crippen LogP contribution in [0.2, 0.25) is 0 Å². The number of nitrogens with zero attached hydrogens (tertiary/aromatic N) is 2. The van der Waals surface area contributed by atoms with Gasteiger partial charge in [0.1, 0.15) is 17.0 Å². The second-order valence-corrected chi connectivity index (χ2v) is 5.53. The standard InChI is InChI=1S/C16H11N3OS/c17-15-13(5-6-14-16(15)19-9-21-14)20-11-7-10-3-1-2-4-12(10)18-8-11/h1-9H,17H2. The molecule has 0 radical (unpaired) electrons. The van der Waals surface area contributed by atoms with Gasteiger partial charge < -0.3 is 10.5 Å². The van der Waals surface area contributed by atoms with Gasteiger partial charge >= 0.3 is 0 Å². The molecule has 4 aromatic rings. The van der Waals surface area contributed by atoms with Gasteiger partial charge in [0.25, 0.3) is 0 Å². The lowest BCUT2D eigenvalue weighted by Crippen LogP contribution is -1.93. The van der Waals surface area contributed by atoms with E-state index in [4.69, 9.17) is 10.5 Å². The van der Waals surface area contributed by atoms with Gasteiger partial charge in [0.05, 0.1) is 21.9 Å². The van der Waals surface area contributed by atoms with Gasteiger partial charge in [0.15, 0.2) is 5.75 Å². The number of ether oxygens (including phenoxy) is 1. The molecule has 0 atom stereocenters. The fraction of sp³-hybridized carbons (Fsp3) is 0. The molecule has 0 aliphatic rings. The van der Waals surface area contributed by atoms with Crippen molar-refractivity contribution in [2.24, 2.45) is 0 Å². The van der Waals surface area contributed by atoms with E-state index in [2.05, 4.69) is 9.97 Å². The lowest BCUT2D eigenvalue weighted by molar-refractivity contribution is 0.484. The van der Waals surface area contributed by atoms with Crippen molar-refractivity contribution in [2.75, 3.05) is 5.73 Å². The summed E-state index contributed by atoms with van der Waals surface area (Å²) in [5.74, 6) is 1.26. The third-order valence-electron chi connectivity index (χ3n) is 3.29. The zero-order chi connectivity index (χ0) is 14.2. The topological polar surface area (TPSA) is 61.0 Å². The maximum atomic E-state index is 6.12. The van der Waals surface area contributed by atoms with Gasteiger partial charge in [-0.1, -0.05) is 18.2 Å². The molecule has 2 aromatic heterocycles. The van der Waals surface area contributed by atoms with E-state index in [9.17, 15) is 0 Å². The number of thiazole rings is 1. The highest BCUT2D eigenvalue weighted by atomic mass is 32.1. The fourth-order valence-corrected chi connectivity index (χ4v) is 2.95. The molecule has 4 rings (SSSR count). The molecule has 0 amide bonds. The number of nitrogens with two attached hydrogens (primary N) is 1. The maximum absolute atomic E-state index is 6.12. The Labute approximate surface area is 124 Å². The SMILES string of the molecule is Nc1c(Oc2cnc3ccccc3c2)ccc2scnc12. The van der Waals surface area contributed by atoms with Crippen LogP contribution in [-0.4, -0.2) is 9.97 Å². The van der Waals surface area contributed by atoms with E-state index in [1.54, 1.807) is 23.0 Å². The lowest BCUT2D eigenvalue weighted by Gasteiger charge is -2.09. The summed E-state index contributed by atoms with van der Waals surface area (Å²) in [6.45, 7) is 0. The molecule has 0 saturated heterocycles.